The Hall–Kier alpha value is -4.08. The number of halogens is 6. The summed E-state index contributed by atoms with van der Waals surface area (Å²) in [5.74, 6) is -4.28. The van der Waals surface area contributed by atoms with Crippen molar-refractivity contribution >= 4 is 33.7 Å². The molecule has 210 valence electrons. The molecule has 0 aliphatic heterocycles. The van der Waals surface area contributed by atoms with Gasteiger partial charge in [-0.25, -0.2) is 23.5 Å². The van der Waals surface area contributed by atoms with Gasteiger partial charge in [0.15, 0.2) is 0 Å². The molecule has 3 aromatic rings. The van der Waals surface area contributed by atoms with Crippen molar-refractivity contribution in [1.82, 2.24) is 14.5 Å². The highest BCUT2D eigenvalue weighted by Crippen LogP contribution is 2.25. The lowest BCUT2D eigenvalue weighted by atomic mass is 10.2. The van der Waals surface area contributed by atoms with Crippen molar-refractivity contribution in [1.29, 1.82) is 0 Å². The minimum atomic E-state index is -5.08. The van der Waals surface area contributed by atoms with E-state index >= 15 is 0 Å². The van der Waals surface area contributed by atoms with Gasteiger partial charge in [0.05, 0.1) is 6.54 Å². The Morgan fingerprint density at radius 3 is 2.33 bits per heavy atom. The molecule has 0 amide bonds. The zero-order chi connectivity index (χ0) is 29.5. The zero-order valence-corrected chi connectivity index (χ0v) is 21.7. The van der Waals surface area contributed by atoms with Crippen molar-refractivity contribution in [2.75, 3.05) is 11.9 Å². The largest absolute Gasteiger partial charge is 0.490 e. The number of carboxylic acid groups (broad SMARTS) is 2. The molecule has 10 nitrogen and oxygen atoms in total. The number of benzene rings is 1. The molecule has 0 saturated heterocycles. The van der Waals surface area contributed by atoms with Crippen molar-refractivity contribution in [3.8, 4) is 5.75 Å². The van der Waals surface area contributed by atoms with Crippen molar-refractivity contribution in [2.45, 2.75) is 33.2 Å². The average molecular weight is 623 g/mol. The molecule has 0 aliphatic rings. The van der Waals surface area contributed by atoms with Gasteiger partial charge in [-0.15, -0.1) is 0 Å². The maximum Gasteiger partial charge on any atom is 0.490 e. The van der Waals surface area contributed by atoms with Gasteiger partial charge in [0.2, 0.25) is 0 Å². The van der Waals surface area contributed by atoms with Gasteiger partial charge in [-0.1, -0.05) is 0 Å². The minimum Gasteiger partial charge on any atom is -0.487 e. The molecule has 0 unspecified atom stereocenters. The number of aliphatic carboxylic acids is 2. The Kier molecular flexibility index (Phi) is 10.5. The fourth-order valence-corrected chi connectivity index (χ4v) is 3.35. The maximum atomic E-state index is 13.8. The number of hydrogen-bond acceptors (Lipinski definition) is 7. The van der Waals surface area contributed by atoms with Crippen LogP contribution >= 0.6 is 15.9 Å². The summed E-state index contributed by atoms with van der Waals surface area (Å²) in [6.07, 6.45) is -3.56. The predicted octanol–water partition coefficient (Wildman–Crippen LogP) is 4.05. The Morgan fingerprint density at radius 1 is 1.13 bits per heavy atom. The number of nitrogens with one attached hydrogen (secondary N) is 1. The number of alkyl halides is 3. The van der Waals surface area contributed by atoms with E-state index in [0.29, 0.717) is 22.9 Å². The smallest absolute Gasteiger partial charge is 0.487 e. The molecule has 3 N–H and O–H groups in total. The number of nitrogens with zero attached hydrogens (tertiary/aromatic N) is 3. The van der Waals surface area contributed by atoms with Crippen molar-refractivity contribution in [3.63, 3.8) is 0 Å². The normalized spacial score (nSPS) is 10.9. The molecular formula is C23H20BrF5N4O6. The van der Waals surface area contributed by atoms with E-state index in [1.54, 1.807) is 19.9 Å². The van der Waals surface area contributed by atoms with E-state index in [1.165, 1.54) is 16.8 Å². The molecule has 16 heteroatoms. The van der Waals surface area contributed by atoms with Gasteiger partial charge in [0.25, 0.3) is 5.56 Å². The van der Waals surface area contributed by atoms with Gasteiger partial charge >= 0.3 is 18.1 Å². The van der Waals surface area contributed by atoms with Crippen LogP contribution in [0, 0.1) is 25.5 Å². The summed E-state index contributed by atoms with van der Waals surface area (Å²) in [5, 5.41) is 18.8. The molecule has 3 rings (SSSR count). The number of aromatic nitrogens is 3. The Morgan fingerprint density at radius 2 is 1.77 bits per heavy atom. The number of rotatable bonds is 8. The van der Waals surface area contributed by atoms with E-state index in [9.17, 15) is 31.5 Å². The summed E-state index contributed by atoms with van der Waals surface area (Å²) in [6, 6.07) is 4.76. The fraction of sp³-hybridized carbons (Fsp3) is 0.261. The second-order valence-electron chi connectivity index (χ2n) is 7.72. The molecule has 2 aromatic heterocycles. The summed E-state index contributed by atoms with van der Waals surface area (Å²) in [6.45, 7) is 2.91. The van der Waals surface area contributed by atoms with Crippen molar-refractivity contribution in [3.05, 3.63) is 79.6 Å². The summed E-state index contributed by atoms with van der Waals surface area (Å²) in [7, 11) is 0. The molecule has 0 spiro atoms. The van der Waals surface area contributed by atoms with E-state index in [2.05, 4.69) is 31.2 Å². The molecule has 0 aliphatic carbocycles. The van der Waals surface area contributed by atoms with Crippen LogP contribution in [0.15, 0.2) is 39.7 Å². The Bertz CT molecular complexity index is 1430. The molecule has 0 bridgehead atoms. The third-order valence-corrected chi connectivity index (χ3v) is 5.51. The molecule has 39 heavy (non-hydrogen) atoms. The van der Waals surface area contributed by atoms with E-state index in [-0.39, 0.29) is 35.5 Å². The molecule has 0 fully saturated rings. The lowest BCUT2D eigenvalue weighted by Gasteiger charge is -2.16. The number of pyridine rings is 1. The van der Waals surface area contributed by atoms with Crippen LogP contribution in [0.25, 0.3) is 0 Å². The van der Waals surface area contributed by atoms with Crippen molar-refractivity contribution in [2.24, 2.45) is 0 Å². The van der Waals surface area contributed by atoms with Gasteiger partial charge in [-0.3, -0.25) is 9.59 Å². The molecule has 1 aromatic carbocycles. The zero-order valence-electron chi connectivity index (χ0n) is 20.1. The summed E-state index contributed by atoms with van der Waals surface area (Å²) in [5.41, 5.74) is 0.795. The summed E-state index contributed by atoms with van der Waals surface area (Å²) in [4.78, 5) is 41.1. The van der Waals surface area contributed by atoms with Crippen LogP contribution in [0.2, 0.25) is 0 Å². The summed E-state index contributed by atoms with van der Waals surface area (Å²) < 4.78 is 65.8. The monoisotopic (exact) mass is 622 g/mol. The van der Waals surface area contributed by atoms with Crippen molar-refractivity contribution < 1.29 is 46.5 Å². The third kappa shape index (κ3) is 9.01. The van der Waals surface area contributed by atoms with Crippen LogP contribution in [0.4, 0.5) is 27.8 Å². The number of aryl methyl sites for hydroxylation is 2. The van der Waals surface area contributed by atoms with Crippen LogP contribution in [-0.4, -0.2) is 49.4 Å². The average Bonchev–Trinajstić information content (AvgIpc) is 2.83. The highest BCUT2D eigenvalue weighted by atomic mass is 79.9. The van der Waals surface area contributed by atoms with Crippen LogP contribution in [0.5, 0.6) is 5.75 Å². The number of carboxylic acids is 2. The lowest BCUT2D eigenvalue weighted by molar-refractivity contribution is -0.192. The number of carbonyl (C=O) groups is 2. The number of anilines is 1. The van der Waals surface area contributed by atoms with E-state index in [1.807, 2.05) is 0 Å². The van der Waals surface area contributed by atoms with Crippen LogP contribution < -0.4 is 15.6 Å². The molecule has 0 saturated carbocycles. The second kappa shape index (κ2) is 13.1. The Labute approximate surface area is 225 Å². The minimum absolute atomic E-state index is 0.0817. The fourth-order valence-electron chi connectivity index (χ4n) is 2.90. The quantitative estimate of drug-likeness (QED) is 0.317. The van der Waals surface area contributed by atoms with E-state index in [4.69, 9.17) is 19.7 Å². The van der Waals surface area contributed by atoms with Gasteiger partial charge in [0, 0.05) is 35.2 Å². The number of hydrogen-bond donors (Lipinski definition) is 3. The number of ether oxygens (including phenoxy) is 1. The second-order valence-corrected chi connectivity index (χ2v) is 8.51. The lowest BCUT2D eigenvalue weighted by Crippen LogP contribution is -2.25. The van der Waals surface area contributed by atoms with Crippen LogP contribution in [0.3, 0.4) is 0 Å². The maximum absolute atomic E-state index is 13.8. The first kappa shape index (κ1) is 31.1. The Balaban J connectivity index is 0.000000673. The highest BCUT2D eigenvalue weighted by molar-refractivity contribution is 9.10. The first-order chi connectivity index (χ1) is 18.1. The van der Waals surface area contributed by atoms with Crippen LogP contribution in [0.1, 0.15) is 22.6 Å². The third-order valence-electron chi connectivity index (χ3n) is 4.78. The topological polar surface area (TPSA) is 144 Å². The first-order valence-electron chi connectivity index (χ1n) is 10.6. The summed E-state index contributed by atoms with van der Waals surface area (Å²) >= 11 is 3.23. The highest BCUT2D eigenvalue weighted by Gasteiger charge is 2.38. The van der Waals surface area contributed by atoms with Gasteiger partial charge in [-0.2, -0.15) is 13.2 Å². The first-order valence-corrected chi connectivity index (χ1v) is 11.4. The molecule has 0 atom stereocenters. The molecule has 0 radical (unpaired) electrons. The molecule has 2 heterocycles. The van der Waals surface area contributed by atoms with Gasteiger partial charge in [0.1, 0.15) is 46.7 Å². The molecular weight excluding hydrogens is 603 g/mol. The predicted molar refractivity (Wildman–Crippen MR) is 130 cm³/mol. The standard InChI is InChI=1S/C21H19BrF2N4O4.C2HF3O2/c1-11-5-17(32-10-13-3-4-15(23)6-16(13)24)19(22)21(31)28(11)9-14-7-25-12(2)27-20(14)26-8-18(29)30;3-2(4,5)1(6)7/h3-7H,8-10H2,1-2H3,(H,29,30)(H,25,26,27);(H,6,7). The van der Waals surface area contributed by atoms with E-state index in [0.717, 1.165) is 12.1 Å². The SMILES string of the molecule is Cc1ncc(Cn2c(C)cc(OCc3ccc(F)cc3F)c(Br)c2=O)c(NCC(=O)O)n1.O=C(O)C(F)(F)F. The van der Waals surface area contributed by atoms with Gasteiger partial charge in [-0.05, 0) is 41.9 Å². The van der Waals surface area contributed by atoms with Gasteiger partial charge < -0.3 is 24.8 Å². The van der Waals surface area contributed by atoms with E-state index < -0.39 is 35.3 Å². The van der Waals surface area contributed by atoms with Crippen LogP contribution in [-0.2, 0) is 22.7 Å².